The van der Waals surface area contributed by atoms with Crippen LogP contribution < -0.4 is 4.74 Å². The van der Waals surface area contributed by atoms with Crippen LogP contribution in [0.3, 0.4) is 0 Å². The number of hydrogen-bond donors (Lipinski definition) is 0. The molecule has 3 nitrogen and oxygen atoms in total. The first-order chi connectivity index (χ1) is 7.40. The minimum atomic E-state index is 0.393. The summed E-state index contributed by atoms with van der Waals surface area (Å²) in [6.07, 6.45) is 4.62. The third-order valence-corrected chi connectivity index (χ3v) is 2.52. The van der Waals surface area contributed by atoms with Crippen LogP contribution in [0.2, 0.25) is 0 Å². The lowest BCUT2D eigenvalue weighted by Gasteiger charge is -2.13. The highest BCUT2D eigenvalue weighted by Gasteiger charge is 2.12. The number of nitrogens with zero attached hydrogens (tertiary/aromatic N) is 2. The zero-order valence-corrected chi connectivity index (χ0v) is 8.92. The van der Waals surface area contributed by atoms with Gasteiger partial charge in [-0.3, -0.25) is 0 Å². The molecule has 0 amide bonds. The lowest BCUT2D eigenvalue weighted by molar-refractivity contribution is 0.348. The second-order valence-corrected chi connectivity index (χ2v) is 3.58. The van der Waals surface area contributed by atoms with Gasteiger partial charge in [-0.05, 0) is 38.2 Å². The first kappa shape index (κ1) is 9.97. The molecule has 0 aliphatic heterocycles. The van der Waals surface area contributed by atoms with Crippen LogP contribution in [0.5, 0.6) is 5.88 Å². The molecule has 1 aromatic heterocycles. The van der Waals surface area contributed by atoms with Gasteiger partial charge in [0.1, 0.15) is 0 Å². The zero-order valence-electron chi connectivity index (χ0n) is 8.92. The van der Waals surface area contributed by atoms with Crippen LogP contribution in [0.1, 0.15) is 31.0 Å². The van der Waals surface area contributed by atoms with E-state index in [0.717, 1.165) is 18.5 Å². The third-order valence-electron chi connectivity index (χ3n) is 2.52. The zero-order chi connectivity index (χ0) is 10.5. The number of ether oxygens (including phenoxy) is 1. The molecule has 0 atom stereocenters. The fourth-order valence-electron chi connectivity index (χ4n) is 1.72. The maximum atomic E-state index is 5.37. The molecule has 0 fully saturated rings. The summed E-state index contributed by atoms with van der Waals surface area (Å²) < 4.78 is 5.37. The summed E-state index contributed by atoms with van der Waals surface area (Å²) in [5.41, 5.74) is 2.42. The Balaban J connectivity index is 2.09. The second kappa shape index (κ2) is 4.79. The quantitative estimate of drug-likeness (QED) is 0.685. The van der Waals surface area contributed by atoms with Crippen molar-refractivity contribution in [2.24, 2.45) is 0 Å². The first-order valence-electron chi connectivity index (χ1n) is 5.28. The van der Waals surface area contributed by atoms with E-state index in [1.54, 1.807) is 6.92 Å². The number of aromatic nitrogens is 2. The normalized spacial score (nSPS) is 13.7. The van der Waals surface area contributed by atoms with Crippen LogP contribution in [0.4, 0.5) is 0 Å². The molecule has 0 saturated heterocycles. The molecule has 0 saturated carbocycles. The molecular formula is C12H14N2O. The van der Waals surface area contributed by atoms with Crippen molar-refractivity contribution in [3.63, 3.8) is 0 Å². The van der Waals surface area contributed by atoms with E-state index >= 15 is 0 Å². The average molecular weight is 202 g/mol. The molecule has 1 aliphatic carbocycles. The van der Waals surface area contributed by atoms with Gasteiger partial charge in [0.05, 0.1) is 5.69 Å². The van der Waals surface area contributed by atoms with E-state index in [0.29, 0.717) is 12.5 Å². The highest BCUT2D eigenvalue weighted by molar-refractivity contribution is 5.26. The molecule has 0 bridgehead atoms. The monoisotopic (exact) mass is 202 g/mol. The Kier molecular flexibility index (Phi) is 3.18. The Bertz CT molecular complexity index is 404. The van der Waals surface area contributed by atoms with Gasteiger partial charge in [-0.25, -0.2) is 0 Å². The third kappa shape index (κ3) is 2.47. The van der Waals surface area contributed by atoms with Gasteiger partial charge < -0.3 is 4.74 Å². The lowest BCUT2D eigenvalue weighted by Crippen LogP contribution is -2.08. The summed E-state index contributed by atoms with van der Waals surface area (Å²) in [5, 5.41) is 8.20. The van der Waals surface area contributed by atoms with Crippen molar-refractivity contribution < 1.29 is 4.74 Å². The summed E-state index contributed by atoms with van der Waals surface area (Å²) in [4.78, 5) is 0. The van der Waals surface area contributed by atoms with Gasteiger partial charge in [0, 0.05) is 6.07 Å². The average Bonchev–Trinajstić information content (AvgIpc) is 2.29. The van der Waals surface area contributed by atoms with Crippen LogP contribution in [0, 0.1) is 11.8 Å². The summed E-state index contributed by atoms with van der Waals surface area (Å²) >= 11 is 0. The summed E-state index contributed by atoms with van der Waals surface area (Å²) in [6.45, 7) is 2.19. The number of rotatable bonds is 2. The van der Waals surface area contributed by atoms with Gasteiger partial charge in [-0.1, -0.05) is 5.92 Å². The highest BCUT2D eigenvalue weighted by atomic mass is 16.5. The van der Waals surface area contributed by atoms with E-state index in [4.69, 9.17) is 4.74 Å². The SMILES string of the molecule is CC#CCOc1cc2c(nn1)CCCC2. The Hall–Kier alpha value is -1.56. The minimum absolute atomic E-state index is 0.393. The van der Waals surface area contributed by atoms with E-state index in [1.165, 1.54) is 18.4 Å². The molecule has 78 valence electrons. The van der Waals surface area contributed by atoms with Crippen LogP contribution in [0.25, 0.3) is 0 Å². The Morgan fingerprint density at radius 1 is 1.33 bits per heavy atom. The summed E-state index contributed by atoms with van der Waals surface area (Å²) in [7, 11) is 0. The fraction of sp³-hybridized carbons (Fsp3) is 0.500. The van der Waals surface area contributed by atoms with Crippen LogP contribution >= 0.6 is 0 Å². The van der Waals surface area contributed by atoms with Crippen molar-refractivity contribution in [3.8, 4) is 17.7 Å². The molecule has 0 radical (unpaired) electrons. The van der Waals surface area contributed by atoms with Gasteiger partial charge in [-0.15, -0.1) is 11.0 Å². The van der Waals surface area contributed by atoms with E-state index in [9.17, 15) is 0 Å². The summed E-state index contributed by atoms with van der Waals surface area (Å²) in [6, 6.07) is 2.00. The Labute approximate surface area is 89.9 Å². The van der Waals surface area contributed by atoms with Crippen molar-refractivity contribution in [2.75, 3.05) is 6.61 Å². The minimum Gasteiger partial charge on any atom is -0.463 e. The number of hydrogen-bond acceptors (Lipinski definition) is 3. The predicted octanol–water partition coefficient (Wildman–Crippen LogP) is 1.76. The fourth-order valence-corrected chi connectivity index (χ4v) is 1.72. The topological polar surface area (TPSA) is 35.0 Å². The van der Waals surface area contributed by atoms with Crippen molar-refractivity contribution in [2.45, 2.75) is 32.6 Å². The Morgan fingerprint density at radius 2 is 2.20 bits per heavy atom. The van der Waals surface area contributed by atoms with E-state index in [-0.39, 0.29) is 0 Å². The second-order valence-electron chi connectivity index (χ2n) is 3.58. The van der Waals surface area contributed by atoms with Gasteiger partial charge in [0.15, 0.2) is 6.61 Å². The molecule has 1 aliphatic rings. The van der Waals surface area contributed by atoms with Crippen molar-refractivity contribution >= 4 is 0 Å². The smallest absolute Gasteiger partial charge is 0.234 e. The van der Waals surface area contributed by atoms with Crippen molar-refractivity contribution in [1.82, 2.24) is 10.2 Å². The van der Waals surface area contributed by atoms with Crippen molar-refractivity contribution in [3.05, 3.63) is 17.3 Å². The van der Waals surface area contributed by atoms with Gasteiger partial charge in [-0.2, -0.15) is 5.10 Å². The van der Waals surface area contributed by atoms with Crippen molar-refractivity contribution in [1.29, 1.82) is 0 Å². The van der Waals surface area contributed by atoms with Crippen LogP contribution in [0.15, 0.2) is 6.07 Å². The molecule has 1 heterocycles. The highest BCUT2D eigenvalue weighted by Crippen LogP contribution is 2.21. The van der Waals surface area contributed by atoms with Gasteiger partial charge >= 0.3 is 0 Å². The predicted molar refractivity (Wildman–Crippen MR) is 57.6 cm³/mol. The maximum Gasteiger partial charge on any atom is 0.234 e. The molecule has 1 aromatic rings. The largest absolute Gasteiger partial charge is 0.463 e. The van der Waals surface area contributed by atoms with E-state index < -0.39 is 0 Å². The van der Waals surface area contributed by atoms with Crippen LogP contribution in [-0.2, 0) is 12.8 Å². The van der Waals surface area contributed by atoms with Gasteiger partial charge in [0.2, 0.25) is 5.88 Å². The molecule has 0 unspecified atom stereocenters. The lowest BCUT2D eigenvalue weighted by atomic mass is 9.97. The Morgan fingerprint density at radius 3 is 3.07 bits per heavy atom. The summed E-state index contributed by atoms with van der Waals surface area (Å²) in [5.74, 6) is 6.21. The molecule has 2 rings (SSSR count). The van der Waals surface area contributed by atoms with E-state index in [2.05, 4.69) is 22.0 Å². The molecular weight excluding hydrogens is 188 g/mol. The van der Waals surface area contributed by atoms with E-state index in [1.807, 2.05) is 6.07 Å². The molecule has 0 spiro atoms. The number of aryl methyl sites for hydroxylation is 2. The van der Waals surface area contributed by atoms with Gasteiger partial charge in [0.25, 0.3) is 0 Å². The standard InChI is InChI=1S/C12H14N2O/c1-2-3-8-15-12-9-10-6-4-5-7-11(10)13-14-12/h9H,4-8H2,1H3. The molecule has 0 N–H and O–H groups in total. The molecule has 3 heteroatoms. The first-order valence-corrected chi connectivity index (χ1v) is 5.28. The molecule has 0 aromatic carbocycles. The molecule has 15 heavy (non-hydrogen) atoms. The van der Waals surface area contributed by atoms with Crippen LogP contribution in [-0.4, -0.2) is 16.8 Å². The maximum absolute atomic E-state index is 5.37. The number of fused-ring (bicyclic) bond motifs is 1.